The van der Waals surface area contributed by atoms with E-state index in [4.69, 9.17) is 0 Å². The molecule has 0 radical (unpaired) electrons. The third-order valence-corrected chi connectivity index (χ3v) is 16.7. The van der Waals surface area contributed by atoms with Crippen molar-refractivity contribution < 1.29 is 0 Å². The molecular formula is C65H64BN3. The molecule has 69 heavy (non-hydrogen) atoms. The molecule has 8 aromatic rings. The Balaban J connectivity index is 1.21. The summed E-state index contributed by atoms with van der Waals surface area (Å²) in [5, 5.41) is 0. The summed E-state index contributed by atoms with van der Waals surface area (Å²) in [5.74, 6) is 0. The predicted molar refractivity (Wildman–Crippen MR) is 296 cm³/mol. The van der Waals surface area contributed by atoms with Crippen molar-refractivity contribution in [3.05, 3.63) is 199 Å². The number of anilines is 8. The average molecular weight is 898 g/mol. The summed E-state index contributed by atoms with van der Waals surface area (Å²) in [4.78, 5) is 8.04. The largest absolute Gasteiger partial charge is 0.334 e. The second kappa shape index (κ2) is 15.9. The number of nitrogens with zero attached hydrogens (tertiary/aromatic N) is 3. The van der Waals surface area contributed by atoms with E-state index in [2.05, 4.69) is 252 Å². The topological polar surface area (TPSA) is 9.72 Å². The molecule has 2 atom stereocenters. The lowest BCUT2D eigenvalue weighted by molar-refractivity contribution is 0.261. The van der Waals surface area contributed by atoms with Crippen molar-refractivity contribution in [2.24, 2.45) is 0 Å². The molecule has 0 bridgehead atoms. The van der Waals surface area contributed by atoms with Crippen LogP contribution in [0.3, 0.4) is 0 Å². The maximum Gasteiger partial charge on any atom is 0.252 e. The molecule has 2 unspecified atom stereocenters. The Hall–Kier alpha value is -6.78. The minimum atomic E-state index is -0.133. The number of hydrogen-bond acceptors (Lipinski definition) is 3. The van der Waals surface area contributed by atoms with Crippen LogP contribution in [0.15, 0.2) is 182 Å². The smallest absolute Gasteiger partial charge is 0.252 e. The van der Waals surface area contributed by atoms with Crippen molar-refractivity contribution in [2.45, 2.75) is 109 Å². The van der Waals surface area contributed by atoms with Crippen LogP contribution in [-0.4, -0.2) is 12.3 Å². The molecule has 0 saturated heterocycles. The second-order valence-corrected chi connectivity index (χ2v) is 22.9. The van der Waals surface area contributed by atoms with Gasteiger partial charge in [-0.15, -0.1) is 0 Å². The highest BCUT2D eigenvalue weighted by Gasteiger charge is 2.57. The Labute approximate surface area is 411 Å². The molecule has 0 spiro atoms. The van der Waals surface area contributed by atoms with Gasteiger partial charge in [0, 0.05) is 50.9 Å². The summed E-state index contributed by atoms with van der Waals surface area (Å²) in [7, 11) is 0. The Kier molecular flexibility index (Phi) is 10.0. The van der Waals surface area contributed by atoms with Gasteiger partial charge in [-0.2, -0.15) is 0 Å². The predicted octanol–water partition coefficient (Wildman–Crippen LogP) is 15.8. The molecular weight excluding hydrogens is 834 g/mol. The van der Waals surface area contributed by atoms with Gasteiger partial charge in [-0.25, -0.2) is 0 Å². The molecule has 12 rings (SSSR count). The van der Waals surface area contributed by atoms with Crippen LogP contribution in [0.2, 0.25) is 0 Å². The molecule has 0 amide bonds. The van der Waals surface area contributed by atoms with Gasteiger partial charge < -0.3 is 14.7 Å². The molecule has 0 aromatic heterocycles. The van der Waals surface area contributed by atoms with Crippen molar-refractivity contribution in [2.75, 3.05) is 14.7 Å². The van der Waals surface area contributed by atoms with Gasteiger partial charge in [0.05, 0.1) is 5.54 Å². The van der Waals surface area contributed by atoms with E-state index in [9.17, 15) is 0 Å². The van der Waals surface area contributed by atoms with Gasteiger partial charge in [-0.3, -0.25) is 0 Å². The van der Waals surface area contributed by atoms with Crippen molar-refractivity contribution in [3.8, 4) is 22.3 Å². The monoisotopic (exact) mass is 898 g/mol. The Morgan fingerprint density at radius 3 is 1.68 bits per heavy atom. The molecule has 3 heterocycles. The van der Waals surface area contributed by atoms with Gasteiger partial charge in [-0.05, 0) is 141 Å². The van der Waals surface area contributed by atoms with Gasteiger partial charge >= 0.3 is 0 Å². The van der Waals surface area contributed by atoms with Gasteiger partial charge in [0.2, 0.25) is 0 Å². The van der Waals surface area contributed by atoms with Crippen molar-refractivity contribution in [1.29, 1.82) is 0 Å². The third kappa shape index (κ3) is 6.84. The normalized spacial score (nSPS) is 19.3. The van der Waals surface area contributed by atoms with E-state index in [1.54, 1.807) is 0 Å². The molecule has 3 nitrogen and oxygen atoms in total. The average Bonchev–Trinajstić information content (AvgIpc) is 3.42. The highest BCUT2D eigenvalue weighted by atomic mass is 15.3. The number of fused-ring (bicyclic) bond motifs is 7. The van der Waals surface area contributed by atoms with Crippen LogP contribution in [0.5, 0.6) is 0 Å². The van der Waals surface area contributed by atoms with E-state index in [-0.39, 0.29) is 28.5 Å². The summed E-state index contributed by atoms with van der Waals surface area (Å²) >= 11 is 0. The minimum absolute atomic E-state index is 0.00488. The summed E-state index contributed by atoms with van der Waals surface area (Å²) in [6, 6.07) is 69.8. The first kappa shape index (κ1) is 43.5. The number of para-hydroxylation sites is 1. The maximum atomic E-state index is 2.80. The van der Waals surface area contributed by atoms with Crippen LogP contribution in [-0.2, 0) is 16.2 Å². The zero-order chi connectivity index (χ0) is 47.5. The molecule has 4 heteroatoms. The second-order valence-electron chi connectivity index (χ2n) is 22.9. The van der Waals surface area contributed by atoms with E-state index in [0.717, 1.165) is 12.1 Å². The van der Waals surface area contributed by atoms with E-state index < -0.39 is 0 Å². The van der Waals surface area contributed by atoms with Crippen LogP contribution < -0.4 is 31.1 Å². The van der Waals surface area contributed by atoms with Crippen LogP contribution in [0.25, 0.3) is 22.3 Å². The fourth-order valence-corrected chi connectivity index (χ4v) is 12.8. The lowest BCUT2D eigenvalue weighted by Gasteiger charge is -2.48. The molecule has 8 aromatic carbocycles. The number of benzene rings is 8. The first-order valence-corrected chi connectivity index (χ1v) is 25.5. The highest BCUT2D eigenvalue weighted by molar-refractivity contribution is 7.00. The summed E-state index contributed by atoms with van der Waals surface area (Å²) in [5.41, 5.74) is 22.8. The molecule has 0 N–H and O–H groups in total. The number of rotatable bonds is 5. The van der Waals surface area contributed by atoms with Gasteiger partial charge in [0.15, 0.2) is 0 Å². The Morgan fingerprint density at radius 2 is 1.00 bits per heavy atom. The molecule has 1 fully saturated rings. The molecule has 1 saturated carbocycles. The van der Waals surface area contributed by atoms with Gasteiger partial charge in [0.25, 0.3) is 6.71 Å². The minimum Gasteiger partial charge on any atom is -0.334 e. The quantitative estimate of drug-likeness (QED) is 0.159. The summed E-state index contributed by atoms with van der Waals surface area (Å²) < 4.78 is 0. The van der Waals surface area contributed by atoms with Crippen LogP contribution in [0.4, 0.5) is 45.5 Å². The third-order valence-electron chi connectivity index (χ3n) is 16.7. The van der Waals surface area contributed by atoms with Gasteiger partial charge in [-0.1, -0.05) is 195 Å². The fourth-order valence-electron chi connectivity index (χ4n) is 12.8. The standard InChI is InChI=1S/C65H64BN3/c1-62(2,3)48-30-33-50(34-31-48)67-57-36-32-49(63(4,5)6)41-55(57)66-54-35-29-47(45-23-14-10-15-24-45)40-58(54)68(51-26-20-25-46(39-51)44-21-12-9-13-22-44)60-43-52(42-59(67)61(60)66)69-56-28-17-16-27-53(56)64(7)37-18-11-19-38-65(64,69)8/h9-10,12-17,20-36,39-43H,11,18-19,37-38H2,1-8H3. The Bertz CT molecular complexity index is 3270. The van der Waals surface area contributed by atoms with E-state index in [0.29, 0.717) is 0 Å². The summed E-state index contributed by atoms with van der Waals surface area (Å²) in [6.45, 7) is 19.1. The number of hydrogen-bond donors (Lipinski definition) is 0. The Morgan fingerprint density at radius 1 is 0.406 bits per heavy atom. The van der Waals surface area contributed by atoms with E-state index in [1.807, 2.05) is 0 Å². The maximum absolute atomic E-state index is 2.80. The van der Waals surface area contributed by atoms with Crippen molar-refractivity contribution in [3.63, 3.8) is 0 Å². The first-order valence-electron chi connectivity index (χ1n) is 25.5. The molecule has 3 aliphatic heterocycles. The molecule has 342 valence electrons. The fraction of sp³-hybridized carbons (Fsp3) is 0.262. The van der Waals surface area contributed by atoms with Crippen LogP contribution in [0.1, 0.15) is 104 Å². The van der Waals surface area contributed by atoms with E-state index >= 15 is 0 Å². The van der Waals surface area contributed by atoms with Crippen molar-refractivity contribution in [1.82, 2.24) is 0 Å². The van der Waals surface area contributed by atoms with Gasteiger partial charge in [0.1, 0.15) is 0 Å². The lowest BCUT2D eigenvalue weighted by Crippen LogP contribution is -2.61. The van der Waals surface area contributed by atoms with E-state index in [1.165, 1.54) is 121 Å². The van der Waals surface area contributed by atoms with Crippen LogP contribution >= 0.6 is 0 Å². The SMILES string of the molecule is CC(C)(C)c1ccc(N2c3ccc(C(C)(C)C)cc3B3c4ccc(-c5ccccc5)cc4N(c4cccc(-c5ccccc5)c4)c4cc(N5c6ccccc6C6(C)CCCCCC56C)cc2c43)cc1. The molecule has 1 aliphatic carbocycles. The zero-order valence-electron chi connectivity index (χ0n) is 41.8. The van der Waals surface area contributed by atoms with Crippen molar-refractivity contribution >= 4 is 68.6 Å². The highest BCUT2D eigenvalue weighted by Crippen LogP contribution is 2.61. The summed E-state index contributed by atoms with van der Waals surface area (Å²) in [6.07, 6.45) is 6.07. The molecule has 4 aliphatic rings. The van der Waals surface area contributed by atoms with Crippen LogP contribution in [0, 0.1) is 0 Å². The lowest BCUT2D eigenvalue weighted by atomic mass is 9.33. The zero-order valence-corrected chi connectivity index (χ0v) is 41.8. The first-order chi connectivity index (χ1) is 33.2.